The molecule has 0 radical (unpaired) electrons. The van der Waals surface area contributed by atoms with Crippen LogP contribution in [0.4, 0.5) is 16.0 Å². The van der Waals surface area contributed by atoms with Crippen molar-refractivity contribution in [2.45, 2.75) is 37.5 Å². The number of aryl methyl sites for hydroxylation is 2. The Morgan fingerprint density at radius 2 is 2.00 bits per heavy atom. The van der Waals surface area contributed by atoms with Crippen molar-refractivity contribution in [2.75, 3.05) is 30.3 Å². The molecule has 3 aromatic heterocycles. The fraction of sp³-hybridized carbons (Fsp3) is 0.414. The first-order chi connectivity index (χ1) is 18.8. The van der Waals surface area contributed by atoms with E-state index in [2.05, 4.69) is 25.0 Å². The number of nitrogens with two attached hydrogens (primary N) is 2. The van der Waals surface area contributed by atoms with Gasteiger partial charge in [-0.05, 0) is 67.2 Å². The summed E-state index contributed by atoms with van der Waals surface area (Å²) in [6.45, 7) is 3.79. The molecule has 5 N–H and O–H groups in total. The molecule has 1 aromatic carbocycles. The van der Waals surface area contributed by atoms with Gasteiger partial charge in [-0.1, -0.05) is 6.07 Å². The predicted octanol–water partition coefficient (Wildman–Crippen LogP) is 3.43. The van der Waals surface area contributed by atoms with Crippen LogP contribution in [0.5, 0.6) is 0 Å². The number of piperidine rings is 1. The Hall–Kier alpha value is -3.92. The molecule has 3 aliphatic rings. The second-order valence-electron chi connectivity index (χ2n) is 11.4. The van der Waals surface area contributed by atoms with Gasteiger partial charge in [-0.25, -0.2) is 14.4 Å². The maximum Gasteiger partial charge on any atom is 0.154 e. The first kappa shape index (κ1) is 24.1. The molecule has 39 heavy (non-hydrogen) atoms. The first-order valence-corrected chi connectivity index (χ1v) is 13.6. The maximum atomic E-state index is 15.3. The van der Waals surface area contributed by atoms with Crippen molar-refractivity contribution in [2.24, 2.45) is 24.6 Å². The number of pyridine rings is 1. The van der Waals surface area contributed by atoms with Crippen molar-refractivity contribution in [3.8, 4) is 0 Å². The number of nitrogens with one attached hydrogen (secondary N) is 1. The Morgan fingerprint density at radius 1 is 1.18 bits per heavy atom. The van der Waals surface area contributed by atoms with E-state index < -0.39 is 5.41 Å². The van der Waals surface area contributed by atoms with Gasteiger partial charge >= 0.3 is 0 Å². The van der Waals surface area contributed by atoms with Gasteiger partial charge in [0.15, 0.2) is 5.82 Å². The summed E-state index contributed by atoms with van der Waals surface area (Å²) in [5.74, 6) is 1.61. The summed E-state index contributed by atoms with van der Waals surface area (Å²) in [7, 11) is 1.88. The summed E-state index contributed by atoms with van der Waals surface area (Å²) >= 11 is 0. The third-order valence-corrected chi connectivity index (χ3v) is 9.21. The van der Waals surface area contributed by atoms with Gasteiger partial charge in [-0.15, -0.1) is 0 Å². The third kappa shape index (κ3) is 3.65. The van der Waals surface area contributed by atoms with Crippen molar-refractivity contribution in [3.05, 3.63) is 70.7 Å². The van der Waals surface area contributed by atoms with Crippen LogP contribution in [0.15, 0.2) is 36.8 Å². The van der Waals surface area contributed by atoms with Crippen LogP contribution >= 0.6 is 0 Å². The Morgan fingerprint density at radius 3 is 2.72 bits per heavy atom. The normalized spacial score (nSPS) is 24.2. The Labute approximate surface area is 226 Å². The molecule has 4 aromatic rings. The molecule has 0 spiro atoms. The van der Waals surface area contributed by atoms with E-state index in [1.54, 1.807) is 16.9 Å². The van der Waals surface area contributed by atoms with Gasteiger partial charge in [0.25, 0.3) is 0 Å². The Balaban J connectivity index is 1.12. The molecular weight excluding hydrogens is 493 g/mol. The second kappa shape index (κ2) is 8.54. The average Bonchev–Trinajstić information content (AvgIpc) is 3.84. The lowest BCUT2D eigenvalue weighted by atomic mass is 9.95. The minimum absolute atomic E-state index is 0.194. The molecule has 200 valence electrons. The highest BCUT2D eigenvalue weighted by molar-refractivity contribution is 6.14. The molecular formula is C29H32FN9. The quantitative estimate of drug-likeness (QED) is 0.328. The lowest BCUT2D eigenvalue weighted by Crippen LogP contribution is -2.33. The third-order valence-electron chi connectivity index (χ3n) is 9.21. The van der Waals surface area contributed by atoms with Gasteiger partial charge in [0, 0.05) is 55.4 Å². The van der Waals surface area contributed by atoms with E-state index in [-0.39, 0.29) is 23.3 Å². The lowest BCUT2D eigenvalue weighted by Gasteiger charge is -2.27. The number of aromatic nitrogens is 5. The number of nitrogen functional groups attached to an aromatic ring is 1. The van der Waals surface area contributed by atoms with Gasteiger partial charge in [0.2, 0.25) is 0 Å². The number of rotatable bonds is 6. The number of benzene rings is 1. The van der Waals surface area contributed by atoms with Gasteiger partial charge in [-0.2, -0.15) is 5.10 Å². The van der Waals surface area contributed by atoms with Gasteiger partial charge in [-0.3, -0.25) is 15.1 Å². The van der Waals surface area contributed by atoms with Crippen LogP contribution in [0.2, 0.25) is 0 Å². The van der Waals surface area contributed by atoms with Crippen LogP contribution in [-0.2, 0) is 12.5 Å². The number of fused-ring (bicyclic) bond motifs is 2. The molecule has 9 nitrogen and oxygen atoms in total. The summed E-state index contributed by atoms with van der Waals surface area (Å²) in [4.78, 5) is 16.0. The SMILES string of the molecule is Cc1c(C(=N)c2ncc(N3CC[C@@H]4[C@H](C3)[C@@]4(CN)c3ncc(C4CC4)cc3F)nc2N)ccc2nn(C)cc12. The molecule has 7 rings (SSSR count). The van der Waals surface area contributed by atoms with Crippen LogP contribution in [0.1, 0.15) is 53.3 Å². The maximum absolute atomic E-state index is 15.3. The molecule has 1 aliphatic heterocycles. The van der Waals surface area contributed by atoms with E-state index in [9.17, 15) is 0 Å². The molecule has 0 bridgehead atoms. The number of nitrogens with zero attached hydrogens (tertiary/aromatic N) is 6. The number of hydrogen-bond donors (Lipinski definition) is 3. The van der Waals surface area contributed by atoms with Crippen molar-refractivity contribution in [3.63, 3.8) is 0 Å². The van der Waals surface area contributed by atoms with Crippen LogP contribution < -0.4 is 16.4 Å². The molecule has 10 heteroatoms. The van der Waals surface area contributed by atoms with E-state index in [0.29, 0.717) is 42.1 Å². The number of hydrogen-bond acceptors (Lipinski definition) is 8. The molecule has 4 heterocycles. The minimum atomic E-state index is -0.440. The van der Waals surface area contributed by atoms with Crippen molar-refractivity contribution < 1.29 is 4.39 Å². The van der Waals surface area contributed by atoms with Crippen LogP contribution in [0.3, 0.4) is 0 Å². The number of anilines is 2. The zero-order valence-electron chi connectivity index (χ0n) is 22.2. The standard InChI is InChI=1S/C29H32FN9/c1-15-18(5-6-23-19(15)12-38(2)37-23)25(32)26-28(33)36-24(11-34-26)39-8-7-20-21(13-39)29(20,14-31)27-22(30)9-17(10-35-27)16-3-4-16/h5-6,9-12,16,20-21,32H,3-4,7-8,13-14,31H2,1-2H3,(H2,33,36)/t20-,21+,29+/m1/s1. The van der Waals surface area contributed by atoms with Crippen molar-refractivity contribution >= 4 is 28.3 Å². The molecule has 3 atom stereocenters. The van der Waals surface area contributed by atoms with E-state index >= 15 is 4.39 Å². The van der Waals surface area contributed by atoms with E-state index in [1.807, 2.05) is 38.5 Å². The fourth-order valence-corrected chi connectivity index (χ4v) is 6.86. The molecule has 0 amide bonds. The van der Waals surface area contributed by atoms with E-state index in [4.69, 9.17) is 16.9 Å². The second-order valence-corrected chi connectivity index (χ2v) is 11.4. The van der Waals surface area contributed by atoms with Gasteiger partial charge in [0.05, 0.1) is 23.1 Å². The number of halogens is 1. The van der Waals surface area contributed by atoms with E-state index in [1.165, 1.54) is 0 Å². The zero-order chi connectivity index (χ0) is 27.1. The molecule has 0 unspecified atom stereocenters. The van der Waals surface area contributed by atoms with Crippen LogP contribution in [-0.4, -0.2) is 50.1 Å². The topological polar surface area (TPSA) is 136 Å². The molecule has 2 saturated carbocycles. The minimum Gasteiger partial charge on any atom is -0.382 e. The van der Waals surface area contributed by atoms with Crippen LogP contribution in [0.25, 0.3) is 10.9 Å². The first-order valence-electron chi connectivity index (χ1n) is 13.6. The van der Waals surface area contributed by atoms with Crippen molar-refractivity contribution in [1.82, 2.24) is 24.7 Å². The summed E-state index contributed by atoms with van der Waals surface area (Å²) in [5, 5.41) is 14.3. The average molecular weight is 526 g/mol. The molecule has 3 fully saturated rings. The highest BCUT2D eigenvalue weighted by Gasteiger charge is 2.67. The highest BCUT2D eigenvalue weighted by Crippen LogP contribution is 2.63. The fourth-order valence-electron chi connectivity index (χ4n) is 6.86. The summed E-state index contributed by atoms with van der Waals surface area (Å²) < 4.78 is 17.0. The smallest absolute Gasteiger partial charge is 0.154 e. The predicted molar refractivity (Wildman–Crippen MR) is 149 cm³/mol. The van der Waals surface area contributed by atoms with Crippen LogP contribution in [0, 0.1) is 30.0 Å². The monoisotopic (exact) mass is 525 g/mol. The zero-order valence-corrected chi connectivity index (χ0v) is 22.2. The summed E-state index contributed by atoms with van der Waals surface area (Å²) in [6, 6.07) is 5.47. The molecule has 2 aliphatic carbocycles. The van der Waals surface area contributed by atoms with Gasteiger partial charge in [0.1, 0.15) is 17.3 Å². The van der Waals surface area contributed by atoms with E-state index in [0.717, 1.165) is 53.4 Å². The molecule has 1 saturated heterocycles. The summed E-state index contributed by atoms with van der Waals surface area (Å²) in [6.07, 6.45) is 8.59. The largest absolute Gasteiger partial charge is 0.382 e. The summed E-state index contributed by atoms with van der Waals surface area (Å²) in [5.41, 5.74) is 16.9. The lowest BCUT2D eigenvalue weighted by molar-refractivity contribution is 0.515. The van der Waals surface area contributed by atoms with Gasteiger partial charge < -0.3 is 16.4 Å². The highest BCUT2D eigenvalue weighted by atomic mass is 19.1. The van der Waals surface area contributed by atoms with Crippen molar-refractivity contribution in [1.29, 1.82) is 5.41 Å². The Kier molecular flexibility index (Phi) is 5.29. The Bertz CT molecular complexity index is 1640.